The third-order valence-corrected chi connectivity index (χ3v) is 5.77. The molecule has 2 aliphatic heterocycles. The highest BCUT2D eigenvalue weighted by atomic mass is 32.2. The Kier molecular flexibility index (Phi) is 4.89. The molecule has 0 aliphatic carbocycles. The smallest absolute Gasteiger partial charge is 0.0939 e. The second-order valence-corrected chi connectivity index (χ2v) is 7.47. The lowest BCUT2D eigenvalue weighted by molar-refractivity contribution is -0.100. The summed E-state index contributed by atoms with van der Waals surface area (Å²) in [6.07, 6.45) is 3.17. The number of benzene rings is 1. The predicted octanol–water partition coefficient (Wildman–Crippen LogP) is 3.00. The molecule has 1 spiro atoms. The van der Waals surface area contributed by atoms with Crippen molar-refractivity contribution in [1.82, 2.24) is 0 Å². The van der Waals surface area contributed by atoms with Crippen molar-refractivity contribution in [3.8, 4) is 0 Å². The maximum absolute atomic E-state index is 6.47. The van der Waals surface area contributed by atoms with Gasteiger partial charge in [0.2, 0.25) is 0 Å². The fourth-order valence-corrected chi connectivity index (χ4v) is 4.43. The van der Waals surface area contributed by atoms with Crippen LogP contribution in [0.25, 0.3) is 0 Å². The van der Waals surface area contributed by atoms with Gasteiger partial charge < -0.3 is 15.2 Å². The van der Waals surface area contributed by atoms with Crippen LogP contribution in [-0.2, 0) is 9.47 Å². The minimum absolute atomic E-state index is 0.0332. The molecule has 2 aliphatic rings. The maximum Gasteiger partial charge on any atom is 0.0939 e. The Morgan fingerprint density at radius 1 is 1.43 bits per heavy atom. The van der Waals surface area contributed by atoms with Gasteiger partial charge in [0.25, 0.3) is 0 Å². The lowest BCUT2D eigenvalue weighted by atomic mass is 9.82. The van der Waals surface area contributed by atoms with Crippen LogP contribution < -0.4 is 5.73 Å². The van der Waals surface area contributed by atoms with Crippen LogP contribution in [0.2, 0.25) is 0 Å². The molecule has 2 saturated heterocycles. The first kappa shape index (κ1) is 15.3. The van der Waals surface area contributed by atoms with Gasteiger partial charge >= 0.3 is 0 Å². The summed E-state index contributed by atoms with van der Waals surface area (Å²) in [6.45, 7) is 4.55. The molecule has 116 valence electrons. The van der Waals surface area contributed by atoms with Crippen LogP contribution >= 0.6 is 11.8 Å². The van der Waals surface area contributed by atoms with Crippen molar-refractivity contribution in [2.75, 3.05) is 25.6 Å². The number of aryl methyl sites for hydroxylation is 1. The average molecular weight is 307 g/mol. The number of ether oxygens (including phenoxy) is 2. The van der Waals surface area contributed by atoms with Crippen molar-refractivity contribution >= 4 is 11.8 Å². The zero-order chi connectivity index (χ0) is 14.7. The summed E-state index contributed by atoms with van der Waals surface area (Å²) in [5, 5.41) is 0. The number of rotatable bonds is 4. The van der Waals surface area contributed by atoms with E-state index < -0.39 is 0 Å². The van der Waals surface area contributed by atoms with E-state index in [1.807, 2.05) is 11.8 Å². The van der Waals surface area contributed by atoms with E-state index in [-0.39, 0.29) is 11.6 Å². The fraction of sp³-hybridized carbons (Fsp3) is 0.647. The average Bonchev–Trinajstić information content (AvgIpc) is 2.93. The third kappa shape index (κ3) is 3.81. The Hall–Kier alpha value is -0.550. The first-order chi connectivity index (χ1) is 10.2. The topological polar surface area (TPSA) is 44.5 Å². The van der Waals surface area contributed by atoms with E-state index in [4.69, 9.17) is 15.2 Å². The molecule has 2 N–H and O–H groups in total. The van der Waals surface area contributed by atoms with Crippen LogP contribution in [0.15, 0.2) is 29.2 Å². The highest BCUT2D eigenvalue weighted by Gasteiger charge is 2.42. The molecule has 1 aromatic carbocycles. The zero-order valence-electron chi connectivity index (χ0n) is 12.7. The molecule has 3 atom stereocenters. The summed E-state index contributed by atoms with van der Waals surface area (Å²) in [5.74, 6) is 1.53. The largest absolute Gasteiger partial charge is 0.378 e. The summed E-state index contributed by atoms with van der Waals surface area (Å²) in [7, 11) is 0. The van der Waals surface area contributed by atoms with Crippen molar-refractivity contribution in [2.24, 2.45) is 11.7 Å². The monoisotopic (exact) mass is 307 g/mol. The van der Waals surface area contributed by atoms with Crippen LogP contribution in [0.5, 0.6) is 0 Å². The lowest BCUT2D eigenvalue weighted by Gasteiger charge is -2.39. The minimum atomic E-state index is -0.0332. The van der Waals surface area contributed by atoms with Gasteiger partial charge in [-0.15, -0.1) is 11.8 Å². The molecule has 1 aromatic rings. The lowest BCUT2D eigenvalue weighted by Crippen LogP contribution is -2.46. The van der Waals surface area contributed by atoms with Gasteiger partial charge in [0, 0.05) is 36.3 Å². The summed E-state index contributed by atoms with van der Waals surface area (Å²) in [4.78, 5) is 1.32. The van der Waals surface area contributed by atoms with Gasteiger partial charge in [-0.05, 0) is 37.8 Å². The Morgan fingerprint density at radius 2 is 2.33 bits per heavy atom. The molecular weight excluding hydrogens is 282 g/mol. The van der Waals surface area contributed by atoms with Gasteiger partial charge in [-0.2, -0.15) is 0 Å². The van der Waals surface area contributed by atoms with Crippen molar-refractivity contribution in [3.63, 3.8) is 0 Å². The minimum Gasteiger partial charge on any atom is -0.378 e. The van der Waals surface area contributed by atoms with E-state index in [1.54, 1.807) is 0 Å². The maximum atomic E-state index is 6.47. The van der Waals surface area contributed by atoms with Gasteiger partial charge in [0.05, 0.1) is 12.2 Å². The second-order valence-electron chi connectivity index (χ2n) is 6.38. The molecule has 0 saturated carbocycles. The van der Waals surface area contributed by atoms with E-state index in [0.29, 0.717) is 5.92 Å². The molecule has 0 amide bonds. The van der Waals surface area contributed by atoms with Crippen LogP contribution in [0.4, 0.5) is 0 Å². The molecule has 3 nitrogen and oxygen atoms in total. The molecule has 21 heavy (non-hydrogen) atoms. The molecule has 4 heteroatoms. The summed E-state index contributed by atoms with van der Waals surface area (Å²) in [6, 6.07) is 8.88. The van der Waals surface area contributed by atoms with Gasteiger partial charge in [-0.25, -0.2) is 0 Å². The van der Waals surface area contributed by atoms with E-state index in [9.17, 15) is 0 Å². The fourth-order valence-electron chi connectivity index (χ4n) is 3.33. The summed E-state index contributed by atoms with van der Waals surface area (Å²) >= 11 is 1.87. The van der Waals surface area contributed by atoms with Gasteiger partial charge in [-0.3, -0.25) is 0 Å². The molecule has 3 rings (SSSR count). The van der Waals surface area contributed by atoms with Crippen molar-refractivity contribution < 1.29 is 9.47 Å². The first-order valence-electron chi connectivity index (χ1n) is 7.84. The SMILES string of the molecule is Cc1cccc(SCC(N)C2CCOC3(CCOC3)C2)c1. The highest BCUT2D eigenvalue weighted by Crippen LogP contribution is 2.37. The van der Waals surface area contributed by atoms with Crippen LogP contribution in [-0.4, -0.2) is 37.2 Å². The van der Waals surface area contributed by atoms with Crippen LogP contribution in [0.3, 0.4) is 0 Å². The van der Waals surface area contributed by atoms with Crippen molar-refractivity contribution in [1.29, 1.82) is 0 Å². The first-order valence-corrected chi connectivity index (χ1v) is 8.82. The van der Waals surface area contributed by atoms with Gasteiger partial charge in [0.1, 0.15) is 0 Å². The van der Waals surface area contributed by atoms with Crippen LogP contribution in [0.1, 0.15) is 24.8 Å². The van der Waals surface area contributed by atoms with E-state index >= 15 is 0 Å². The molecule has 2 fully saturated rings. The highest BCUT2D eigenvalue weighted by molar-refractivity contribution is 7.99. The molecule has 0 bridgehead atoms. The van der Waals surface area contributed by atoms with Gasteiger partial charge in [0.15, 0.2) is 0 Å². The number of thioether (sulfide) groups is 1. The number of hydrogen-bond donors (Lipinski definition) is 1. The third-order valence-electron chi connectivity index (χ3n) is 4.64. The molecule has 0 radical (unpaired) electrons. The molecule has 0 aromatic heterocycles. The standard InChI is InChI=1S/C17H25NO2S/c1-13-3-2-4-15(9-13)21-11-16(18)14-5-7-20-17(10-14)6-8-19-12-17/h2-4,9,14,16H,5-8,10-12,18H2,1H3. The number of hydrogen-bond acceptors (Lipinski definition) is 4. The second kappa shape index (κ2) is 6.69. The quantitative estimate of drug-likeness (QED) is 0.869. The van der Waals surface area contributed by atoms with Crippen molar-refractivity contribution in [2.45, 2.75) is 42.7 Å². The molecule has 2 heterocycles. The Labute approximate surface area is 131 Å². The van der Waals surface area contributed by atoms with Crippen LogP contribution in [0, 0.1) is 12.8 Å². The van der Waals surface area contributed by atoms with Gasteiger partial charge in [-0.1, -0.05) is 17.7 Å². The Morgan fingerprint density at radius 3 is 3.10 bits per heavy atom. The Balaban J connectivity index is 1.54. The van der Waals surface area contributed by atoms with E-state index in [0.717, 1.165) is 44.8 Å². The van der Waals surface area contributed by atoms with Crippen molar-refractivity contribution in [3.05, 3.63) is 29.8 Å². The van der Waals surface area contributed by atoms with E-state index in [2.05, 4.69) is 31.2 Å². The summed E-state index contributed by atoms with van der Waals surface area (Å²) < 4.78 is 11.5. The molecule has 3 unspecified atom stereocenters. The number of nitrogens with two attached hydrogens (primary N) is 1. The Bertz CT molecular complexity index is 474. The normalized spacial score (nSPS) is 30.7. The summed E-state index contributed by atoms with van der Waals surface area (Å²) in [5.41, 5.74) is 7.74. The predicted molar refractivity (Wildman–Crippen MR) is 86.7 cm³/mol. The van der Waals surface area contributed by atoms with E-state index in [1.165, 1.54) is 10.5 Å². The zero-order valence-corrected chi connectivity index (χ0v) is 13.5. The molecular formula is C17H25NO2S.